The third-order valence-corrected chi connectivity index (χ3v) is 4.98. The van der Waals surface area contributed by atoms with E-state index in [9.17, 15) is 0 Å². The van der Waals surface area contributed by atoms with Crippen molar-refractivity contribution in [3.8, 4) is 0 Å². The largest absolute Gasteiger partial charge is 0.367 e. The molecule has 0 aliphatic carbocycles. The van der Waals surface area contributed by atoms with Crippen molar-refractivity contribution in [1.82, 2.24) is 9.88 Å². The molecule has 0 amide bonds. The van der Waals surface area contributed by atoms with Gasteiger partial charge in [-0.3, -0.25) is 9.88 Å². The van der Waals surface area contributed by atoms with Crippen molar-refractivity contribution < 1.29 is 0 Å². The Morgan fingerprint density at radius 1 is 0.958 bits per heavy atom. The summed E-state index contributed by atoms with van der Waals surface area (Å²) in [7, 11) is 0. The van der Waals surface area contributed by atoms with E-state index in [1.807, 2.05) is 12.3 Å². The molecular weight excluding hydrogens is 294 g/mol. The summed E-state index contributed by atoms with van der Waals surface area (Å²) in [6.07, 6.45) is 5.90. The minimum absolute atomic E-state index is 0.472. The normalized spacial score (nSPS) is 16.7. The van der Waals surface area contributed by atoms with Gasteiger partial charge < -0.3 is 4.90 Å². The number of rotatable bonds is 5. The maximum Gasteiger partial charge on any atom is 0.0935 e. The van der Waals surface area contributed by atoms with E-state index in [0.717, 1.165) is 18.6 Å². The van der Waals surface area contributed by atoms with Crippen LogP contribution in [0.5, 0.6) is 0 Å². The molecule has 2 aromatic rings. The van der Waals surface area contributed by atoms with Crippen molar-refractivity contribution in [3.05, 3.63) is 36.5 Å². The fourth-order valence-corrected chi connectivity index (χ4v) is 3.55. The zero-order valence-electron chi connectivity index (χ0n) is 15.5. The fraction of sp³-hybridized carbons (Fsp3) is 0.571. The molecule has 24 heavy (non-hydrogen) atoms. The molecule has 0 atom stereocenters. The highest BCUT2D eigenvalue weighted by atomic mass is 15.3. The molecule has 0 bridgehead atoms. The molecule has 1 aliphatic rings. The number of para-hydroxylation sites is 1. The van der Waals surface area contributed by atoms with Crippen LogP contribution in [0.4, 0.5) is 5.69 Å². The van der Waals surface area contributed by atoms with Gasteiger partial charge in [-0.2, -0.15) is 0 Å². The van der Waals surface area contributed by atoms with Gasteiger partial charge in [-0.05, 0) is 36.9 Å². The first-order chi connectivity index (χ1) is 11.5. The molecule has 3 rings (SSSR count). The molecule has 130 valence electrons. The summed E-state index contributed by atoms with van der Waals surface area (Å²) in [6, 6.07) is 10.7. The summed E-state index contributed by atoms with van der Waals surface area (Å²) in [4.78, 5) is 9.73. The van der Waals surface area contributed by atoms with Gasteiger partial charge >= 0.3 is 0 Å². The Morgan fingerprint density at radius 2 is 1.71 bits per heavy atom. The first-order valence-corrected chi connectivity index (χ1v) is 9.34. The summed E-state index contributed by atoms with van der Waals surface area (Å²) in [5, 5.41) is 1.24. The van der Waals surface area contributed by atoms with Gasteiger partial charge in [0.05, 0.1) is 11.2 Å². The van der Waals surface area contributed by atoms with Gasteiger partial charge in [-0.25, -0.2) is 0 Å². The van der Waals surface area contributed by atoms with E-state index < -0.39 is 0 Å². The average Bonchev–Trinajstić information content (AvgIpc) is 2.58. The van der Waals surface area contributed by atoms with Gasteiger partial charge in [0.25, 0.3) is 0 Å². The third kappa shape index (κ3) is 4.47. The zero-order valence-corrected chi connectivity index (χ0v) is 15.5. The van der Waals surface area contributed by atoms with E-state index >= 15 is 0 Å². The van der Waals surface area contributed by atoms with Crippen LogP contribution in [0.25, 0.3) is 10.9 Å². The van der Waals surface area contributed by atoms with Crippen LogP contribution in [0, 0.1) is 5.41 Å². The molecule has 0 unspecified atom stereocenters. The molecule has 0 radical (unpaired) electrons. The number of fused-ring (bicyclic) bond motifs is 1. The molecule has 3 nitrogen and oxygen atoms in total. The van der Waals surface area contributed by atoms with Gasteiger partial charge in [0, 0.05) is 37.8 Å². The predicted molar refractivity (Wildman–Crippen MR) is 104 cm³/mol. The summed E-state index contributed by atoms with van der Waals surface area (Å²) in [5.41, 5.74) is 2.90. The maximum atomic E-state index is 4.60. The second kappa shape index (κ2) is 7.52. The lowest BCUT2D eigenvalue weighted by molar-refractivity contribution is 0.245. The second-order valence-electron chi connectivity index (χ2n) is 8.20. The number of nitrogens with zero attached hydrogens (tertiary/aromatic N) is 3. The summed E-state index contributed by atoms with van der Waals surface area (Å²) >= 11 is 0. The summed E-state index contributed by atoms with van der Waals surface area (Å²) in [6.45, 7) is 12.8. The van der Waals surface area contributed by atoms with Crippen LogP contribution in [0.3, 0.4) is 0 Å². The van der Waals surface area contributed by atoms with Gasteiger partial charge in [0.1, 0.15) is 0 Å². The topological polar surface area (TPSA) is 19.4 Å². The lowest BCUT2D eigenvalue weighted by atomic mass is 9.90. The standard InChI is InChI=1S/C21H31N3/c1-21(2,3)11-4-5-13-23-14-16-24(17-15-23)19-10-6-8-18-9-7-12-22-20(18)19/h6-10,12H,4-5,11,13-17H2,1-3H3. The van der Waals surface area contributed by atoms with Crippen LogP contribution in [-0.2, 0) is 0 Å². The van der Waals surface area contributed by atoms with Crippen molar-refractivity contribution in [2.75, 3.05) is 37.6 Å². The Morgan fingerprint density at radius 3 is 2.46 bits per heavy atom. The summed E-state index contributed by atoms with van der Waals surface area (Å²) in [5.74, 6) is 0. The van der Waals surface area contributed by atoms with Crippen LogP contribution in [0.15, 0.2) is 36.5 Å². The van der Waals surface area contributed by atoms with Crippen molar-refractivity contribution in [2.24, 2.45) is 5.41 Å². The third-order valence-electron chi connectivity index (χ3n) is 4.98. The highest BCUT2D eigenvalue weighted by Gasteiger charge is 2.19. The predicted octanol–water partition coefficient (Wildman–Crippen LogP) is 4.57. The highest BCUT2D eigenvalue weighted by Crippen LogP contribution is 2.26. The number of aromatic nitrogens is 1. The first-order valence-electron chi connectivity index (χ1n) is 9.34. The number of anilines is 1. The van der Waals surface area contributed by atoms with E-state index in [1.165, 1.54) is 50.0 Å². The van der Waals surface area contributed by atoms with Crippen LogP contribution < -0.4 is 4.90 Å². The van der Waals surface area contributed by atoms with E-state index in [4.69, 9.17) is 0 Å². The van der Waals surface area contributed by atoms with Crippen LogP contribution in [0.2, 0.25) is 0 Å². The minimum Gasteiger partial charge on any atom is -0.367 e. The molecular formula is C21H31N3. The highest BCUT2D eigenvalue weighted by molar-refractivity contribution is 5.90. The van der Waals surface area contributed by atoms with Gasteiger partial charge in [0.2, 0.25) is 0 Å². The smallest absolute Gasteiger partial charge is 0.0935 e. The van der Waals surface area contributed by atoms with E-state index in [2.05, 4.69) is 59.8 Å². The monoisotopic (exact) mass is 325 g/mol. The Hall–Kier alpha value is -1.61. The number of piperazine rings is 1. The van der Waals surface area contributed by atoms with Crippen molar-refractivity contribution in [1.29, 1.82) is 0 Å². The quantitative estimate of drug-likeness (QED) is 0.751. The number of hydrogen-bond acceptors (Lipinski definition) is 3. The van der Waals surface area contributed by atoms with E-state index in [0.29, 0.717) is 5.41 Å². The van der Waals surface area contributed by atoms with Gasteiger partial charge in [0.15, 0.2) is 0 Å². The molecule has 0 saturated carbocycles. The number of benzene rings is 1. The lowest BCUT2D eigenvalue weighted by Gasteiger charge is -2.36. The maximum absolute atomic E-state index is 4.60. The molecule has 1 saturated heterocycles. The van der Waals surface area contributed by atoms with Crippen molar-refractivity contribution in [2.45, 2.75) is 40.0 Å². The van der Waals surface area contributed by atoms with Crippen LogP contribution in [-0.4, -0.2) is 42.6 Å². The Kier molecular flexibility index (Phi) is 5.40. The molecule has 1 aromatic carbocycles. The minimum atomic E-state index is 0.472. The molecule has 1 fully saturated rings. The molecule has 2 heterocycles. The Balaban J connectivity index is 1.52. The number of pyridine rings is 1. The zero-order chi connectivity index (χ0) is 17.0. The van der Waals surface area contributed by atoms with Crippen molar-refractivity contribution in [3.63, 3.8) is 0 Å². The van der Waals surface area contributed by atoms with Gasteiger partial charge in [-0.1, -0.05) is 45.4 Å². The second-order valence-corrected chi connectivity index (χ2v) is 8.20. The Bertz CT molecular complexity index is 646. The molecule has 0 N–H and O–H groups in total. The summed E-state index contributed by atoms with van der Waals surface area (Å²) < 4.78 is 0. The van der Waals surface area contributed by atoms with E-state index in [-0.39, 0.29) is 0 Å². The molecule has 1 aliphatic heterocycles. The van der Waals surface area contributed by atoms with Crippen molar-refractivity contribution >= 4 is 16.6 Å². The first kappa shape index (κ1) is 17.2. The Labute approximate surface area is 146 Å². The number of unbranched alkanes of at least 4 members (excludes halogenated alkanes) is 1. The lowest BCUT2D eigenvalue weighted by Crippen LogP contribution is -2.46. The molecule has 3 heteroatoms. The van der Waals surface area contributed by atoms with Gasteiger partial charge in [-0.15, -0.1) is 0 Å². The molecule has 0 spiro atoms. The van der Waals surface area contributed by atoms with Crippen LogP contribution in [0.1, 0.15) is 40.0 Å². The van der Waals surface area contributed by atoms with Crippen LogP contribution >= 0.6 is 0 Å². The number of hydrogen-bond donors (Lipinski definition) is 0. The average molecular weight is 326 g/mol. The fourth-order valence-electron chi connectivity index (χ4n) is 3.55. The molecule has 1 aromatic heterocycles. The SMILES string of the molecule is CC(C)(C)CCCCN1CCN(c2cccc3cccnc23)CC1. The van der Waals surface area contributed by atoms with E-state index in [1.54, 1.807) is 0 Å².